The zero-order chi connectivity index (χ0) is 15.9. The third-order valence-corrected chi connectivity index (χ3v) is 4.93. The van der Waals surface area contributed by atoms with E-state index < -0.39 is 0 Å². The minimum absolute atomic E-state index is 0.110. The van der Waals surface area contributed by atoms with Gasteiger partial charge in [-0.25, -0.2) is 0 Å². The van der Waals surface area contributed by atoms with Gasteiger partial charge in [0, 0.05) is 16.6 Å². The topological polar surface area (TPSA) is 84.0 Å². The van der Waals surface area contributed by atoms with Crippen molar-refractivity contribution < 1.29 is 9.59 Å². The number of halogens is 1. The molecule has 0 saturated carbocycles. The molecule has 2 rings (SSSR count). The Morgan fingerprint density at radius 3 is 2.59 bits per heavy atom. The van der Waals surface area contributed by atoms with Gasteiger partial charge in [-0.2, -0.15) is 0 Å². The second kappa shape index (κ2) is 8.25. The van der Waals surface area contributed by atoms with Crippen LogP contribution in [0.2, 0.25) is 0 Å². The summed E-state index contributed by atoms with van der Waals surface area (Å²) < 4.78 is 1.59. The van der Waals surface area contributed by atoms with E-state index in [0.717, 1.165) is 10.2 Å². The molecule has 6 nitrogen and oxygen atoms in total. The van der Waals surface area contributed by atoms with Crippen molar-refractivity contribution in [3.63, 3.8) is 0 Å². The summed E-state index contributed by atoms with van der Waals surface area (Å²) in [4.78, 5) is 23.1. The maximum Gasteiger partial charge on any atom is 0.234 e. The summed E-state index contributed by atoms with van der Waals surface area (Å²) in [5.74, 6) is -0.00534. The summed E-state index contributed by atoms with van der Waals surface area (Å²) in [7, 11) is 0. The Hall–Kier alpha value is -1.45. The summed E-state index contributed by atoms with van der Waals surface area (Å²) in [6, 6.07) is 7.35. The lowest BCUT2D eigenvalue weighted by molar-refractivity contribution is -0.116. The van der Waals surface area contributed by atoms with Gasteiger partial charge in [0.25, 0.3) is 0 Å². The Labute approximate surface area is 144 Å². The van der Waals surface area contributed by atoms with Gasteiger partial charge in [-0.05, 0) is 24.3 Å². The Balaban J connectivity index is 1.81. The molecule has 1 aromatic carbocycles. The molecule has 1 heterocycles. The number of nitrogens with one attached hydrogen (secondary N) is 2. The number of hydrogen-bond donors (Lipinski definition) is 2. The molecular weight excluding hydrogens is 388 g/mol. The Morgan fingerprint density at radius 1 is 1.18 bits per heavy atom. The number of anilines is 2. The minimum Gasteiger partial charge on any atom is -0.325 e. The van der Waals surface area contributed by atoms with Crippen molar-refractivity contribution in [3.8, 4) is 0 Å². The largest absolute Gasteiger partial charge is 0.325 e. The van der Waals surface area contributed by atoms with Crippen molar-refractivity contribution in [3.05, 3.63) is 28.7 Å². The number of hydrogen-bond acceptors (Lipinski definition) is 6. The highest BCUT2D eigenvalue weighted by atomic mass is 79.9. The van der Waals surface area contributed by atoms with E-state index in [0.29, 0.717) is 15.9 Å². The number of amides is 2. The first kappa shape index (κ1) is 16.9. The molecule has 0 fully saturated rings. The highest BCUT2D eigenvalue weighted by molar-refractivity contribution is 9.10. The fourth-order valence-corrected chi connectivity index (χ4v) is 3.22. The normalized spacial score (nSPS) is 10.3. The van der Waals surface area contributed by atoms with Crippen LogP contribution in [0.1, 0.15) is 13.3 Å². The smallest absolute Gasteiger partial charge is 0.234 e. The van der Waals surface area contributed by atoms with E-state index in [1.54, 1.807) is 6.92 Å². The number of rotatable bonds is 6. The standard InChI is InChI=1S/C13H13BrN4O2S2/c1-2-10(19)16-12-17-18-13(22-12)21-7-11(20)15-9-5-3-8(14)4-6-9/h3-6H,2,7H2,1H3,(H,15,20)(H,16,17,19). The van der Waals surface area contributed by atoms with Gasteiger partial charge in [0.1, 0.15) is 0 Å². The van der Waals surface area contributed by atoms with Gasteiger partial charge in [-0.15, -0.1) is 10.2 Å². The van der Waals surface area contributed by atoms with Gasteiger partial charge < -0.3 is 10.6 Å². The number of aromatic nitrogens is 2. The van der Waals surface area contributed by atoms with Crippen molar-refractivity contribution in [1.82, 2.24) is 10.2 Å². The van der Waals surface area contributed by atoms with Crippen LogP contribution in [0.5, 0.6) is 0 Å². The summed E-state index contributed by atoms with van der Waals surface area (Å²) >= 11 is 5.86. The summed E-state index contributed by atoms with van der Waals surface area (Å²) in [6.45, 7) is 1.76. The monoisotopic (exact) mass is 400 g/mol. The van der Waals surface area contributed by atoms with Crippen LogP contribution < -0.4 is 10.6 Å². The Morgan fingerprint density at radius 2 is 1.91 bits per heavy atom. The van der Waals surface area contributed by atoms with E-state index in [-0.39, 0.29) is 17.6 Å². The highest BCUT2D eigenvalue weighted by Crippen LogP contribution is 2.25. The van der Waals surface area contributed by atoms with Crippen molar-refractivity contribution in [2.24, 2.45) is 0 Å². The van der Waals surface area contributed by atoms with Crippen molar-refractivity contribution in [2.75, 3.05) is 16.4 Å². The maximum absolute atomic E-state index is 11.8. The second-order valence-electron chi connectivity index (χ2n) is 4.12. The van der Waals surface area contributed by atoms with Crippen LogP contribution in [0.4, 0.5) is 10.8 Å². The number of thioether (sulfide) groups is 1. The molecule has 0 spiro atoms. The molecular formula is C13H13BrN4O2S2. The van der Waals surface area contributed by atoms with Gasteiger partial charge in [0.05, 0.1) is 5.75 Å². The van der Waals surface area contributed by atoms with Crippen LogP contribution >= 0.6 is 39.0 Å². The van der Waals surface area contributed by atoms with E-state index in [9.17, 15) is 9.59 Å². The van der Waals surface area contributed by atoms with Crippen molar-refractivity contribution >= 4 is 61.7 Å². The lowest BCUT2D eigenvalue weighted by atomic mass is 10.3. The fraction of sp³-hybridized carbons (Fsp3) is 0.231. The number of nitrogens with zero attached hydrogens (tertiary/aromatic N) is 2. The van der Waals surface area contributed by atoms with Crippen LogP contribution in [0.3, 0.4) is 0 Å². The first-order valence-electron chi connectivity index (χ1n) is 6.38. The minimum atomic E-state index is -0.123. The molecule has 0 radical (unpaired) electrons. The lowest BCUT2D eigenvalue weighted by Crippen LogP contribution is -2.13. The molecule has 0 aliphatic heterocycles. The van der Waals surface area contributed by atoms with Gasteiger partial charge in [-0.1, -0.05) is 46.0 Å². The zero-order valence-electron chi connectivity index (χ0n) is 11.6. The first-order chi connectivity index (χ1) is 10.6. The van der Waals surface area contributed by atoms with Gasteiger partial charge in [0.15, 0.2) is 4.34 Å². The molecule has 2 aromatic rings. The molecule has 9 heteroatoms. The molecule has 1 aromatic heterocycles. The predicted octanol–water partition coefficient (Wildman–Crippen LogP) is 3.38. The van der Waals surface area contributed by atoms with Crippen LogP contribution in [-0.4, -0.2) is 27.8 Å². The third-order valence-electron chi connectivity index (χ3n) is 2.43. The van der Waals surface area contributed by atoms with Gasteiger partial charge >= 0.3 is 0 Å². The molecule has 0 aliphatic carbocycles. The second-order valence-corrected chi connectivity index (χ2v) is 7.23. The molecule has 0 atom stereocenters. The fourth-order valence-electron chi connectivity index (χ4n) is 1.38. The summed E-state index contributed by atoms with van der Waals surface area (Å²) in [5.41, 5.74) is 0.738. The zero-order valence-corrected chi connectivity index (χ0v) is 14.8. The third kappa shape index (κ3) is 5.39. The van der Waals surface area contributed by atoms with Crippen LogP contribution in [-0.2, 0) is 9.59 Å². The molecule has 0 unspecified atom stereocenters. The average molecular weight is 401 g/mol. The molecule has 0 saturated heterocycles. The molecule has 2 N–H and O–H groups in total. The Bertz CT molecular complexity index is 660. The molecule has 2 amide bonds. The number of carbonyl (C=O) groups is 2. The lowest BCUT2D eigenvalue weighted by Gasteiger charge is -2.03. The average Bonchev–Trinajstić information content (AvgIpc) is 2.95. The van der Waals surface area contributed by atoms with E-state index in [4.69, 9.17) is 0 Å². The summed E-state index contributed by atoms with van der Waals surface area (Å²) in [6.07, 6.45) is 0.387. The van der Waals surface area contributed by atoms with Crippen LogP contribution in [0, 0.1) is 0 Å². The van der Waals surface area contributed by atoms with E-state index in [1.807, 2.05) is 24.3 Å². The number of carbonyl (C=O) groups excluding carboxylic acids is 2. The van der Waals surface area contributed by atoms with E-state index >= 15 is 0 Å². The molecule has 116 valence electrons. The van der Waals surface area contributed by atoms with Crippen molar-refractivity contribution in [2.45, 2.75) is 17.7 Å². The van der Waals surface area contributed by atoms with Gasteiger partial charge in [0.2, 0.25) is 16.9 Å². The van der Waals surface area contributed by atoms with E-state index in [1.165, 1.54) is 23.1 Å². The summed E-state index contributed by atoms with van der Waals surface area (Å²) in [5, 5.41) is 13.7. The predicted molar refractivity (Wildman–Crippen MR) is 92.3 cm³/mol. The molecule has 22 heavy (non-hydrogen) atoms. The quantitative estimate of drug-likeness (QED) is 0.573. The Kier molecular flexibility index (Phi) is 6.34. The van der Waals surface area contributed by atoms with E-state index in [2.05, 4.69) is 36.8 Å². The SMILES string of the molecule is CCC(=O)Nc1nnc(SCC(=O)Nc2ccc(Br)cc2)s1. The number of benzene rings is 1. The molecule has 0 aliphatic rings. The van der Waals surface area contributed by atoms with Crippen molar-refractivity contribution in [1.29, 1.82) is 0 Å². The van der Waals surface area contributed by atoms with Crippen LogP contribution in [0.15, 0.2) is 33.1 Å². The maximum atomic E-state index is 11.8. The first-order valence-corrected chi connectivity index (χ1v) is 8.98. The highest BCUT2D eigenvalue weighted by Gasteiger charge is 2.10. The van der Waals surface area contributed by atoms with Gasteiger partial charge in [-0.3, -0.25) is 9.59 Å². The molecule has 0 bridgehead atoms. The van der Waals surface area contributed by atoms with Crippen LogP contribution in [0.25, 0.3) is 0 Å².